The molecule has 0 bridgehead atoms. The number of rotatable bonds is 5. The number of fused-ring (bicyclic) bond motifs is 1. The topological polar surface area (TPSA) is 76.2 Å². The van der Waals surface area contributed by atoms with E-state index in [2.05, 4.69) is 26.2 Å². The van der Waals surface area contributed by atoms with Crippen molar-refractivity contribution in [1.29, 1.82) is 0 Å². The lowest BCUT2D eigenvalue weighted by Gasteiger charge is -2.04. The van der Waals surface area contributed by atoms with E-state index >= 15 is 0 Å². The van der Waals surface area contributed by atoms with Crippen molar-refractivity contribution in [2.24, 2.45) is 10.2 Å². The molecular weight excluding hydrogens is 398 g/mol. The zero-order valence-corrected chi connectivity index (χ0v) is 16.0. The number of aromatic hydroxyl groups is 1. The van der Waals surface area contributed by atoms with E-state index in [9.17, 15) is 9.90 Å². The van der Waals surface area contributed by atoms with Crippen molar-refractivity contribution in [1.82, 2.24) is 4.57 Å². The van der Waals surface area contributed by atoms with Crippen LogP contribution in [0, 0.1) is 0 Å². The minimum absolute atomic E-state index is 0.0116. The first-order chi connectivity index (χ1) is 12.5. The van der Waals surface area contributed by atoms with E-state index in [1.807, 2.05) is 19.1 Å². The summed E-state index contributed by atoms with van der Waals surface area (Å²) in [5, 5.41) is 19.1. The number of ether oxygens (including phenoxy) is 1. The van der Waals surface area contributed by atoms with Crippen LogP contribution in [0.15, 0.2) is 57.2 Å². The molecule has 7 heteroatoms. The van der Waals surface area contributed by atoms with Crippen LogP contribution in [0.25, 0.3) is 10.9 Å². The maximum absolute atomic E-state index is 12.2. The first-order valence-electron chi connectivity index (χ1n) is 8.16. The smallest absolute Gasteiger partial charge is 0.295 e. The third-order valence-electron chi connectivity index (χ3n) is 4.00. The highest BCUT2D eigenvalue weighted by molar-refractivity contribution is 9.10. The van der Waals surface area contributed by atoms with E-state index in [-0.39, 0.29) is 11.6 Å². The van der Waals surface area contributed by atoms with Gasteiger partial charge in [-0.15, -0.1) is 10.2 Å². The molecule has 2 aromatic carbocycles. The van der Waals surface area contributed by atoms with Crippen molar-refractivity contribution in [2.75, 3.05) is 7.11 Å². The highest BCUT2D eigenvalue weighted by atomic mass is 79.9. The Hall–Kier alpha value is -2.67. The van der Waals surface area contributed by atoms with Gasteiger partial charge in [-0.05, 0) is 48.9 Å². The molecule has 6 nitrogen and oxygen atoms in total. The maximum Gasteiger partial charge on any atom is 0.295 e. The molecule has 3 rings (SSSR count). The molecule has 0 aliphatic heterocycles. The van der Waals surface area contributed by atoms with Crippen LogP contribution in [0.2, 0.25) is 0 Å². The fourth-order valence-corrected chi connectivity index (χ4v) is 2.99. The van der Waals surface area contributed by atoms with Gasteiger partial charge in [0.15, 0.2) is 5.69 Å². The lowest BCUT2D eigenvalue weighted by Crippen LogP contribution is -1.95. The molecule has 1 N–H and O–H groups in total. The van der Waals surface area contributed by atoms with E-state index in [0.29, 0.717) is 23.2 Å². The Morgan fingerprint density at radius 3 is 2.62 bits per heavy atom. The Balaban J connectivity index is 2.04. The molecule has 0 saturated heterocycles. The second kappa shape index (κ2) is 7.70. The summed E-state index contributed by atoms with van der Waals surface area (Å²) in [5.41, 5.74) is 1.50. The molecule has 0 radical (unpaired) electrons. The molecule has 0 atom stereocenters. The number of nitrogens with zero attached hydrogens (tertiary/aromatic N) is 3. The van der Waals surface area contributed by atoms with Gasteiger partial charge >= 0.3 is 0 Å². The largest absolute Gasteiger partial charge is 0.497 e. The Morgan fingerprint density at radius 2 is 1.96 bits per heavy atom. The molecule has 0 aliphatic carbocycles. The normalized spacial score (nSPS) is 11.3. The first-order valence-corrected chi connectivity index (χ1v) is 8.95. The summed E-state index contributed by atoms with van der Waals surface area (Å²) in [5.74, 6) is 0.153. The second-order valence-electron chi connectivity index (χ2n) is 5.72. The fourth-order valence-electron chi connectivity index (χ4n) is 2.72. The average Bonchev–Trinajstić information content (AvgIpc) is 2.91. The standard InChI is InChI=1S/C19H18BrN3O3/c1-3-10-23-16-9-8-14(26-2)11-15(16)17(19(23)25)21-22-18(24)12-4-6-13(20)7-5-12/h4-9,11,25H,3,10H2,1-2H3. The minimum atomic E-state index is -0.476. The molecule has 1 heterocycles. The molecule has 1 amide bonds. The summed E-state index contributed by atoms with van der Waals surface area (Å²) in [7, 11) is 1.57. The number of hydrogen-bond donors (Lipinski definition) is 1. The first kappa shape index (κ1) is 18.1. The van der Waals surface area contributed by atoms with Crippen molar-refractivity contribution >= 4 is 38.4 Å². The van der Waals surface area contributed by atoms with Gasteiger partial charge in [-0.3, -0.25) is 4.79 Å². The Morgan fingerprint density at radius 1 is 1.23 bits per heavy atom. The van der Waals surface area contributed by atoms with Gasteiger partial charge in [0.05, 0.1) is 12.6 Å². The van der Waals surface area contributed by atoms with E-state index in [1.54, 1.807) is 42.0 Å². The van der Waals surface area contributed by atoms with Gasteiger partial charge in [0, 0.05) is 22.0 Å². The fraction of sp³-hybridized carbons (Fsp3) is 0.211. The van der Waals surface area contributed by atoms with Crippen LogP contribution in [-0.4, -0.2) is 22.7 Å². The number of carbonyl (C=O) groups excluding carboxylic acids is 1. The average molecular weight is 416 g/mol. The number of azo groups is 1. The molecule has 0 aliphatic rings. The van der Waals surface area contributed by atoms with Crippen molar-refractivity contribution in [2.45, 2.75) is 19.9 Å². The predicted octanol–water partition coefficient (Wildman–Crippen LogP) is 5.45. The Kier molecular flexibility index (Phi) is 5.37. The van der Waals surface area contributed by atoms with Crippen LogP contribution in [0.3, 0.4) is 0 Å². The second-order valence-corrected chi connectivity index (χ2v) is 6.63. The molecule has 0 spiro atoms. The lowest BCUT2D eigenvalue weighted by molar-refractivity contribution is 0.0995. The van der Waals surface area contributed by atoms with E-state index in [4.69, 9.17) is 4.74 Å². The maximum atomic E-state index is 12.2. The summed E-state index contributed by atoms with van der Waals surface area (Å²) in [6.45, 7) is 2.65. The Bertz CT molecular complexity index is 978. The number of halogens is 1. The molecule has 3 aromatic rings. The number of amides is 1. The van der Waals surface area contributed by atoms with Crippen LogP contribution in [0.4, 0.5) is 5.69 Å². The zero-order valence-electron chi connectivity index (χ0n) is 14.4. The van der Waals surface area contributed by atoms with E-state index in [1.165, 1.54) is 0 Å². The number of carbonyl (C=O) groups is 1. The molecule has 0 unspecified atom stereocenters. The van der Waals surface area contributed by atoms with Gasteiger partial charge in [-0.1, -0.05) is 22.9 Å². The van der Waals surface area contributed by atoms with Gasteiger partial charge in [0.25, 0.3) is 5.91 Å². The molecule has 0 saturated carbocycles. The number of aromatic nitrogens is 1. The highest BCUT2D eigenvalue weighted by Crippen LogP contribution is 2.40. The molecule has 134 valence electrons. The summed E-state index contributed by atoms with van der Waals surface area (Å²) >= 11 is 3.32. The van der Waals surface area contributed by atoms with Crippen LogP contribution in [0.1, 0.15) is 23.7 Å². The van der Waals surface area contributed by atoms with Crippen LogP contribution in [0.5, 0.6) is 11.6 Å². The van der Waals surface area contributed by atoms with Gasteiger partial charge in [-0.2, -0.15) is 0 Å². The summed E-state index contributed by atoms with van der Waals surface area (Å²) in [6.07, 6.45) is 0.845. The molecule has 26 heavy (non-hydrogen) atoms. The zero-order chi connectivity index (χ0) is 18.7. The van der Waals surface area contributed by atoms with Crippen molar-refractivity contribution in [3.05, 3.63) is 52.5 Å². The van der Waals surface area contributed by atoms with Gasteiger partial charge in [-0.25, -0.2) is 0 Å². The highest BCUT2D eigenvalue weighted by Gasteiger charge is 2.17. The Labute approximate surface area is 159 Å². The van der Waals surface area contributed by atoms with Crippen LogP contribution < -0.4 is 4.74 Å². The molecule has 0 fully saturated rings. The van der Waals surface area contributed by atoms with Crippen LogP contribution >= 0.6 is 15.9 Å². The number of aryl methyl sites for hydroxylation is 1. The van der Waals surface area contributed by atoms with Gasteiger partial charge in [0.2, 0.25) is 5.88 Å². The molecular formula is C19H18BrN3O3. The number of methoxy groups -OCH3 is 1. The van der Waals surface area contributed by atoms with Crippen molar-refractivity contribution < 1.29 is 14.6 Å². The SMILES string of the molecule is CCCn1c(O)c(N=NC(=O)c2ccc(Br)cc2)c2cc(OC)ccc21. The van der Waals surface area contributed by atoms with Crippen molar-refractivity contribution in [3.8, 4) is 11.6 Å². The van der Waals surface area contributed by atoms with Crippen molar-refractivity contribution in [3.63, 3.8) is 0 Å². The minimum Gasteiger partial charge on any atom is -0.497 e. The summed E-state index contributed by atoms with van der Waals surface area (Å²) in [4.78, 5) is 12.2. The van der Waals surface area contributed by atoms with E-state index in [0.717, 1.165) is 16.4 Å². The lowest BCUT2D eigenvalue weighted by atomic mass is 10.2. The number of hydrogen-bond acceptors (Lipinski definition) is 4. The summed E-state index contributed by atoms with van der Waals surface area (Å²) < 4.78 is 7.89. The number of benzene rings is 2. The molecule has 1 aromatic heterocycles. The quantitative estimate of drug-likeness (QED) is 0.562. The van der Waals surface area contributed by atoms with Crippen LogP contribution in [-0.2, 0) is 6.54 Å². The third kappa shape index (κ3) is 3.48. The predicted molar refractivity (Wildman–Crippen MR) is 103 cm³/mol. The van der Waals surface area contributed by atoms with E-state index < -0.39 is 5.91 Å². The third-order valence-corrected chi connectivity index (χ3v) is 4.52. The van der Waals surface area contributed by atoms with Gasteiger partial charge in [0.1, 0.15) is 5.75 Å². The van der Waals surface area contributed by atoms with Gasteiger partial charge < -0.3 is 14.4 Å². The summed E-state index contributed by atoms with van der Waals surface area (Å²) in [6, 6.07) is 12.3. The monoisotopic (exact) mass is 415 g/mol.